The SMILES string of the molecule is CCN(CCCC(C)(N)C(=O)O)c1cccc(F)c1. The number of hydrogen-bond acceptors (Lipinski definition) is 3. The zero-order chi connectivity index (χ0) is 14.5. The number of carboxylic acids is 1. The van der Waals surface area contributed by atoms with Gasteiger partial charge in [0.25, 0.3) is 0 Å². The van der Waals surface area contributed by atoms with Gasteiger partial charge in [-0.25, -0.2) is 4.39 Å². The summed E-state index contributed by atoms with van der Waals surface area (Å²) < 4.78 is 13.2. The van der Waals surface area contributed by atoms with Crippen molar-refractivity contribution in [1.82, 2.24) is 0 Å². The van der Waals surface area contributed by atoms with Crippen LogP contribution in [0.3, 0.4) is 0 Å². The lowest BCUT2D eigenvalue weighted by Crippen LogP contribution is -2.45. The molecule has 0 amide bonds. The molecule has 19 heavy (non-hydrogen) atoms. The summed E-state index contributed by atoms with van der Waals surface area (Å²) in [5.74, 6) is -1.27. The highest BCUT2D eigenvalue weighted by Gasteiger charge is 2.27. The van der Waals surface area contributed by atoms with E-state index in [4.69, 9.17) is 10.8 Å². The van der Waals surface area contributed by atoms with Crippen LogP contribution in [0.4, 0.5) is 10.1 Å². The van der Waals surface area contributed by atoms with Gasteiger partial charge in [-0.1, -0.05) is 6.07 Å². The smallest absolute Gasteiger partial charge is 0.323 e. The summed E-state index contributed by atoms with van der Waals surface area (Å²) in [5.41, 5.74) is 5.27. The van der Waals surface area contributed by atoms with Crippen molar-refractivity contribution in [2.24, 2.45) is 5.73 Å². The summed E-state index contributed by atoms with van der Waals surface area (Å²) >= 11 is 0. The monoisotopic (exact) mass is 268 g/mol. The first-order chi connectivity index (χ1) is 8.86. The van der Waals surface area contributed by atoms with Crippen molar-refractivity contribution >= 4 is 11.7 Å². The molecule has 1 aromatic carbocycles. The van der Waals surface area contributed by atoms with Crippen molar-refractivity contribution in [1.29, 1.82) is 0 Å². The molecule has 1 unspecified atom stereocenters. The van der Waals surface area contributed by atoms with Gasteiger partial charge in [-0.05, 0) is 44.9 Å². The summed E-state index contributed by atoms with van der Waals surface area (Å²) in [6.07, 6.45) is 1.03. The van der Waals surface area contributed by atoms with Crippen molar-refractivity contribution < 1.29 is 14.3 Å². The van der Waals surface area contributed by atoms with Crippen LogP contribution in [0.25, 0.3) is 0 Å². The normalized spacial score (nSPS) is 13.9. The Labute approximate surface area is 113 Å². The number of carboxylic acid groups (broad SMARTS) is 1. The molecule has 0 heterocycles. The molecule has 0 saturated carbocycles. The second kappa shape index (κ2) is 6.52. The van der Waals surface area contributed by atoms with E-state index in [-0.39, 0.29) is 5.82 Å². The van der Waals surface area contributed by atoms with E-state index >= 15 is 0 Å². The average Bonchev–Trinajstić information content (AvgIpc) is 2.34. The Morgan fingerprint density at radius 2 is 2.21 bits per heavy atom. The average molecular weight is 268 g/mol. The van der Waals surface area contributed by atoms with Crippen LogP contribution in [0, 0.1) is 5.82 Å². The topological polar surface area (TPSA) is 66.6 Å². The number of anilines is 1. The maximum absolute atomic E-state index is 13.2. The highest BCUT2D eigenvalue weighted by atomic mass is 19.1. The Bertz CT molecular complexity index is 435. The van der Waals surface area contributed by atoms with E-state index in [1.807, 2.05) is 17.9 Å². The third-order valence-electron chi connectivity index (χ3n) is 3.17. The highest BCUT2D eigenvalue weighted by molar-refractivity contribution is 5.77. The third kappa shape index (κ3) is 4.52. The van der Waals surface area contributed by atoms with Gasteiger partial charge in [0.15, 0.2) is 0 Å². The van der Waals surface area contributed by atoms with Gasteiger partial charge in [0.2, 0.25) is 0 Å². The van der Waals surface area contributed by atoms with E-state index < -0.39 is 11.5 Å². The summed E-state index contributed by atoms with van der Waals surface area (Å²) in [6.45, 7) is 4.87. The van der Waals surface area contributed by atoms with Crippen molar-refractivity contribution in [3.05, 3.63) is 30.1 Å². The van der Waals surface area contributed by atoms with Gasteiger partial charge < -0.3 is 15.7 Å². The lowest BCUT2D eigenvalue weighted by Gasteiger charge is -2.25. The van der Waals surface area contributed by atoms with Gasteiger partial charge in [0.1, 0.15) is 11.4 Å². The quantitative estimate of drug-likeness (QED) is 0.796. The fraction of sp³-hybridized carbons (Fsp3) is 0.500. The molecule has 0 saturated heterocycles. The van der Waals surface area contributed by atoms with E-state index in [2.05, 4.69) is 0 Å². The van der Waals surface area contributed by atoms with Crippen LogP contribution >= 0.6 is 0 Å². The Kier molecular flexibility index (Phi) is 5.30. The number of benzene rings is 1. The van der Waals surface area contributed by atoms with Crippen LogP contribution in [0.5, 0.6) is 0 Å². The number of nitrogens with two attached hydrogens (primary N) is 1. The number of hydrogen-bond donors (Lipinski definition) is 2. The predicted molar refractivity (Wildman–Crippen MR) is 73.7 cm³/mol. The van der Waals surface area contributed by atoms with Crippen molar-refractivity contribution in [3.8, 4) is 0 Å². The van der Waals surface area contributed by atoms with Gasteiger partial charge in [0.05, 0.1) is 0 Å². The Morgan fingerprint density at radius 1 is 1.53 bits per heavy atom. The Hall–Kier alpha value is -1.62. The minimum atomic E-state index is -1.21. The summed E-state index contributed by atoms with van der Waals surface area (Å²) in [5, 5.41) is 8.93. The standard InChI is InChI=1S/C14H21FN2O2/c1-3-17(12-7-4-6-11(15)10-12)9-5-8-14(2,16)13(18)19/h4,6-7,10H,3,5,8-9,16H2,1-2H3,(H,18,19). The predicted octanol–water partition coefficient (Wildman–Crippen LogP) is 2.23. The molecule has 4 nitrogen and oxygen atoms in total. The first-order valence-corrected chi connectivity index (χ1v) is 6.39. The molecule has 0 bridgehead atoms. The molecular formula is C14H21FN2O2. The molecule has 1 atom stereocenters. The fourth-order valence-electron chi connectivity index (χ4n) is 1.89. The van der Waals surface area contributed by atoms with E-state index in [9.17, 15) is 9.18 Å². The lowest BCUT2D eigenvalue weighted by atomic mass is 9.97. The van der Waals surface area contributed by atoms with Gasteiger partial charge in [-0.3, -0.25) is 4.79 Å². The largest absolute Gasteiger partial charge is 0.480 e. The minimum absolute atomic E-state index is 0.273. The van der Waals surface area contributed by atoms with Crippen molar-refractivity contribution in [3.63, 3.8) is 0 Å². The number of nitrogens with zero attached hydrogens (tertiary/aromatic N) is 1. The zero-order valence-corrected chi connectivity index (χ0v) is 11.4. The molecule has 0 fully saturated rings. The van der Waals surface area contributed by atoms with Gasteiger partial charge in [-0.15, -0.1) is 0 Å². The van der Waals surface area contributed by atoms with Crippen molar-refractivity contribution in [2.45, 2.75) is 32.2 Å². The van der Waals surface area contributed by atoms with Crippen LogP contribution in [-0.4, -0.2) is 29.7 Å². The minimum Gasteiger partial charge on any atom is -0.480 e. The van der Waals surface area contributed by atoms with Gasteiger partial charge in [-0.2, -0.15) is 0 Å². The Balaban J connectivity index is 2.57. The van der Waals surface area contributed by atoms with Gasteiger partial charge in [0, 0.05) is 18.8 Å². The first kappa shape index (κ1) is 15.4. The van der Waals surface area contributed by atoms with Crippen LogP contribution in [0.15, 0.2) is 24.3 Å². The van der Waals surface area contributed by atoms with E-state index in [1.54, 1.807) is 6.07 Å². The van der Waals surface area contributed by atoms with Crippen LogP contribution in [0.1, 0.15) is 26.7 Å². The van der Waals surface area contributed by atoms with Gasteiger partial charge >= 0.3 is 5.97 Å². The maximum Gasteiger partial charge on any atom is 0.323 e. The first-order valence-electron chi connectivity index (χ1n) is 6.39. The maximum atomic E-state index is 13.2. The number of aliphatic carboxylic acids is 1. The number of carbonyl (C=O) groups is 1. The summed E-state index contributed by atoms with van der Waals surface area (Å²) in [6, 6.07) is 6.38. The molecule has 0 aliphatic heterocycles. The van der Waals surface area contributed by atoms with E-state index in [0.29, 0.717) is 19.4 Å². The van der Waals surface area contributed by atoms with E-state index in [0.717, 1.165) is 12.2 Å². The number of rotatable bonds is 7. The number of halogens is 1. The molecule has 0 aromatic heterocycles. The molecular weight excluding hydrogens is 247 g/mol. The molecule has 1 rings (SSSR count). The third-order valence-corrected chi connectivity index (χ3v) is 3.17. The zero-order valence-electron chi connectivity index (χ0n) is 11.4. The molecule has 0 aliphatic rings. The summed E-state index contributed by atoms with van der Waals surface area (Å²) in [4.78, 5) is 12.9. The molecule has 0 radical (unpaired) electrons. The van der Waals surface area contributed by atoms with Crippen LogP contribution < -0.4 is 10.6 Å². The molecule has 1 aromatic rings. The fourth-order valence-corrected chi connectivity index (χ4v) is 1.89. The molecule has 0 aliphatic carbocycles. The highest BCUT2D eigenvalue weighted by Crippen LogP contribution is 2.17. The lowest BCUT2D eigenvalue weighted by molar-refractivity contribution is -0.142. The molecule has 5 heteroatoms. The molecule has 106 valence electrons. The Morgan fingerprint density at radius 3 is 2.74 bits per heavy atom. The van der Waals surface area contributed by atoms with E-state index in [1.165, 1.54) is 19.1 Å². The summed E-state index contributed by atoms with van der Waals surface area (Å²) in [7, 11) is 0. The second-order valence-corrected chi connectivity index (χ2v) is 4.89. The molecule has 0 spiro atoms. The van der Waals surface area contributed by atoms with Crippen LogP contribution in [0.2, 0.25) is 0 Å². The molecule has 3 N–H and O–H groups in total. The van der Waals surface area contributed by atoms with Crippen molar-refractivity contribution in [2.75, 3.05) is 18.0 Å². The van der Waals surface area contributed by atoms with Crippen LogP contribution in [-0.2, 0) is 4.79 Å². The second-order valence-electron chi connectivity index (χ2n) is 4.89.